The molecule has 0 aromatic rings. The van der Waals surface area contributed by atoms with Gasteiger partial charge in [0.25, 0.3) is 0 Å². The lowest BCUT2D eigenvalue weighted by molar-refractivity contribution is -0.135. The summed E-state index contributed by atoms with van der Waals surface area (Å²) in [6.45, 7) is 3.45. The van der Waals surface area contributed by atoms with Crippen LogP contribution < -0.4 is 0 Å². The highest BCUT2D eigenvalue weighted by Gasteiger charge is 1.82. The number of carbonyl (C=O) groups excluding carboxylic acids is 1. The predicted molar refractivity (Wildman–Crippen MR) is 35.8 cm³/mol. The zero-order valence-corrected chi connectivity index (χ0v) is 5.89. The molecule has 0 atom stereocenters. The maximum atomic E-state index is 10.1. The molecule has 0 unspecified atom stereocenters. The van der Waals surface area contributed by atoms with Gasteiger partial charge >= 0.3 is 5.97 Å². The summed E-state index contributed by atoms with van der Waals surface area (Å²) < 4.78 is 4.52. The molecule has 0 saturated heterocycles. The highest BCUT2D eigenvalue weighted by atomic mass is 16.5. The lowest BCUT2D eigenvalue weighted by Crippen LogP contribution is -1.88. The molecule has 0 aliphatic heterocycles. The molecule has 0 aromatic heterocycles. The van der Waals surface area contributed by atoms with E-state index in [4.69, 9.17) is 0 Å². The molecule has 0 aliphatic carbocycles. The molecule has 0 spiro atoms. The van der Waals surface area contributed by atoms with E-state index in [9.17, 15) is 4.79 Å². The van der Waals surface area contributed by atoms with Crippen LogP contribution in [0.5, 0.6) is 0 Å². The molecule has 0 radical (unpaired) electrons. The van der Waals surface area contributed by atoms with Crippen molar-refractivity contribution >= 4 is 5.97 Å². The molecule has 0 aromatic carbocycles. The van der Waals surface area contributed by atoms with Gasteiger partial charge in [-0.2, -0.15) is 0 Å². The van der Waals surface area contributed by atoms with E-state index in [0.717, 1.165) is 12.8 Å². The van der Waals surface area contributed by atoms with E-state index in [-0.39, 0.29) is 5.97 Å². The van der Waals surface area contributed by atoms with Gasteiger partial charge in [0.05, 0.1) is 6.26 Å². The maximum absolute atomic E-state index is 10.1. The summed E-state index contributed by atoms with van der Waals surface area (Å²) in [5, 5.41) is 0. The summed E-state index contributed by atoms with van der Waals surface area (Å²) in [7, 11) is 0. The first-order valence-electron chi connectivity index (χ1n) is 3.09. The molecule has 0 aliphatic rings. The van der Waals surface area contributed by atoms with Gasteiger partial charge in [0.2, 0.25) is 0 Å². The Morgan fingerprint density at radius 1 is 1.67 bits per heavy atom. The lowest BCUT2D eigenvalue weighted by atomic mass is 10.3. The summed E-state index contributed by atoms with van der Waals surface area (Å²) in [6.07, 6.45) is 5.32. The molecule has 0 rings (SSSR count). The van der Waals surface area contributed by atoms with Crippen LogP contribution in [0.3, 0.4) is 0 Å². The first-order chi connectivity index (χ1) is 4.27. The van der Waals surface area contributed by atoms with Crippen molar-refractivity contribution in [2.24, 2.45) is 0 Å². The van der Waals surface area contributed by atoms with Crippen LogP contribution in [0, 0.1) is 0 Å². The largest absolute Gasteiger partial charge is 0.435 e. The standard InChI is InChI=1S/C7H12O2/c1-3-4-5-6-9-7(2)8/h5-6H,3-4H2,1-2H3/b6-5+. The van der Waals surface area contributed by atoms with Crippen LogP contribution in [0.4, 0.5) is 0 Å². The van der Waals surface area contributed by atoms with E-state index in [1.54, 1.807) is 0 Å². The first-order valence-corrected chi connectivity index (χ1v) is 3.09. The van der Waals surface area contributed by atoms with E-state index in [1.807, 2.05) is 6.08 Å². The second-order valence-electron chi connectivity index (χ2n) is 1.77. The summed E-state index contributed by atoms with van der Waals surface area (Å²) in [5.41, 5.74) is 0. The number of hydrogen-bond acceptors (Lipinski definition) is 2. The number of allylic oxidation sites excluding steroid dienone is 1. The molecule has 0 heterocycles. The quantitative estimate of drug-likeness (QED) is 0.428. The molecular formula is C7H12O2. The summed E-state index contributed by atoms with van der Waals surface area (Å²) in [4.78, 5) is 10.1. The van der Waals surface area contributed by atoms with Crippen LogP contribution in [-0.4, -0.2) is 5.97 Å². The van der Waals surface area contributed by atoms with Gasteiger partial charge in [-0.05, 0) is 12.5 Å². The van der Waals surface area contributed by atoms with E-state index in [0.29, 0.717) is 0 Å². The van der Waals surface area contributed by atoms with Gasteiger partial charge in [-0.3, -0.25) is 4.79 Å². The predicted octanol–water partition coefficient (Wildman–Crippen LogP) is 1.86. The molecule has 0 fully saturated rings. The zero-order valence-electron chi connectivity index (χ0n) is 5.89. The third kappa shape index (κ3) is 7.21. The monoisotopic (exact) mass is 128 g/mol. The highest BCUT2D eigenvalue weighted by Crippen LogP contribution is 1.88. The van der Waals surface area contributed by atoms with E-state index in [1.165, 1.54) is 13.2 Å². The molecule has 0 amide bonds. The van der Waals surface area contributed by atoms with Crippen molar-refractivity contribution in [2.75, 3.05) is 0 Å². The van der Waals surface area contributed by atoms with Crippen molar-refractivity contribution in [1.82, 2.24) is 0 Å². The third-order valence-electron chi connectivity index (χ3n) is 0.786. The molecule has 0 bridgehead atoms. The van der Waals surface area contributed by atoms with Crippen LogP contribution in [-0.2, 0) is 9.53 Å². The number of unbranched alkanes of at least 4 members (excludes halogenated alkanes) is 1. The number of carbonyl (C=O) groups is 1. The Balaban J connectivity index is 3.14. The van der Waals surface area contributed by atoms with Crippen molar-refractivity contribution in [2.45, 2.75) is 26.7 Å². The molecule has 52 valence electrons. The SMILES string of the molecule is CCC/C=C/OC(C)=O. The van der Waals surface area contributed by atoms with Gasteiger partial charge in [0.15, 0.2) is 0 Å². The average molecular weight is 128 g/mol. The fourth-order valence-corrected chi connectivity index (χ4v) is 0.379. The Hall–Kier alpha value is -0.790. The Morgan fingerprint density at radius 3 is 2.78 bits per heavy atom. The average Bonchev–Trinajstić information content (AvgIpc) is 1.80. The molecule has 2 nitrogen and oxygen atoms in total. The van der Waals surface area contributed by atoms with Crippen LogP contribution in [0.2, 0.25) is 0 Å². The van der Waals surface area contributed by atoms with Crippen LogP contribution in [0.25, 0.3) is 0 Å². The van der Waals surface area contributed by atoms with Crippen molar-refractivity contribution < 1.29 is 9.53 Å². The second-order valence-corrected chi connectivity index (χ2v) is 1.77. The van der Waals surface area contributed by atoms with Crippen LogP contribution in [0.1, 0.15) is 26.7 Å². The minimum absolute atomic E-state index is 0.262. The summed E-state index contributed by atoms with van der Waals surface area (Å²) >= 11 is 0. The van der Waals surface area contributed by atoms with Gasteiger partial charge in [0.1, 0.15) is 0 Å². The Bertz CT molecular complexity index is 105. The first kappa shape index (κ1) is 8.21. The fraction of sp³-hybridized carbons (Fsp3) is 0.571. The number of ether oxygens (including phenoxy) is 1. The van der Waals surface area contributed by atoms with Gasteiger partial charge in [-0.15, -0.1) is 0 Å². The smallest absolute Gasteiger partial charge is 0.307 e. The Kier molecular flexibility index (Phi) is 4.88. The minimum atomic E-state index is -0.262. The Morgan fingerprint density at radius 2 is 2.33 bits per heavy atom. The van der Waals surface area contributed by atoms with E-state index >= 15 is 0 Å². The van der Waals surface area contributed by atoms with Crippen molar-refractivity contribution in [3.05, 3.63) is 12.3 Å². The lowest BCUT2D eigenvalue weighted by Gasteiger charge is -1.88. The van der Waals surface area contributed by atoms with Crippen molar-refractivity contribution in [3.8, 4) is 0 Å². The molecule has 2 heteroatoms. The van der Waals surface area contributed by atoms with Gasteiger partial charge in [0, 0.05) is 6.92 Å². The van der Waals surface area contributed by atoms with Crippen LogP contribution in [0.15, 0.2) is 12.3 Å². The van der Waals surface area contributed by atoms with Gasteiger partial charge in [-0.25, -0.2) is 0 Å². The van der Waals surface area contributed by atoms with E-state index < -0.39 is 0 Å². The third-order valence-corrected chi connectivity index (χ3v) is 0.786. The number of esters is 1. The second kappa shape index (κ2) is 5.35. The topological polar surface area (TPSA) is 26.3 Å². The maximum Gasteiger partial charge on any atom is 0.307 e. The number of hydrogen-bond donors (Lipinski definition) is 0. The van der Waals surface area contributed by atoms with E-state index in [2.05, 4.69) is 11.7 Å². The summed E-state index contributed by atoms with van der Waals surface area (Å²) in [6, 6.07) is 0. The molecule has 0 N–H and O–H groups in total. The zero-order chi connectivity index (χ0) is 7.11. The number of rotatable bonds is 3. The molecular weight excluding hydrogens is 116 g/mol. The molecule has 9 heavy (non-hydrogen) atoms. The van der Waals surface area contributed by atoms with Gasteiger partial charge in [-0.1, -0.05) is 13.3 Å². The summed E-state index contributed by atoms with van der Waals surface area (Å²) in [5.74, 6) is -0.262. The highest BCUT2D eigenvalue weighted by molar-refractivity contribution is 5.66. The minimum Gasteiger partial charge on any atom is -0.435 e. The van der Waals surface area contributed by atoms with Crippen LogP contribution >= 0.6 is 0 Å². The molecule has 0 saturated carbocycles. The fourth-order valence-electron chi connectivity index (χ4n) is 0.379. The van der Waals surface area contributed by atoms with Gasteiger partial charge < -0.3 is 4.74 Å². The van der Waals surface area contributed by atoms with Crippen molar-refractivity contribution in [1.29, 1.82) is 0 Å². The normalized spacial score (nSPS) is 10.0. The Labute approximate surface area is 55.5 Å². The van der Waals surface area contributed by atoms with Crippen molar-refractivity contribution in [3.63, 3.8) is 0 Å².